The van der Waals surface area contributed by atoms with Crippen molar-refractivity contribution >= 4 is 38.9 Å². The molecule has 1 aliphatic rings. The zero-order chi connectivity index (χ0) is 9.97. The molecule has 1 heterocycles. The Kier molecular flexibility index (Phi) is 2.63. The third kappa shape index (κ3) is 1.85. The van der Waals surface area contributed by atoms with Crippen LogP contribution in [0.4, 0.5) is 11.4 Å². The molecule has 4 heteroatoms. The Morgan fingerprint density at radius 3 is 3.00 bits per heavy atom. The number of hydrogen-bond acceptors (Lipinski definition) is 2. The monoisotopic (exact) mass is 252 g/mol. The first kappa shape index (κ1) is 9.40. The number of carbonyl (C=O) groups is 1. The number of amides is 1. The van der Waals surface area contributed by atoms with Crippen LogP contribution in [0.2, 0.25) is 0 Å². The predicted octanol–water partition coefficient (Wildman–Crippen LogP) is 2.50. The van der Waals surface area contributed by atoms with Gasteiger partial charge >= 0.3 is 0 Å². The standard InChI is InChI=1S/C10H9BrN2O/c11-6-7-5-10(14)13-9-4-2-1-3-8(9)12-7/h1-4H,5-6H2,(H,13,14). The maximum atomic E-state index is 11.4. The lowest BCUT2D eigenvalue weighted by Gasteiger charge is -2.02. The lowest BCUT2D eigenvalue weighted by molar-refractivity contribution is -0.115. The van der Waals surface area contributed by atoms with Crippen molar-refractivity contribution in [2.75, 3.05) is 10.6 Å². The van der Waals surface area contributed by atoms with E-state index in [-0.39, 0.29) is 5.91 Å². The molecule has 2 rings (SSSR count). The number of fused-ring (bicyclic) bond motifs is 1. The molecule has 0 fully saturated rings. The third-order valence-corrected chi connectivity index (χ3v) is 2.62. The number of nitrogens with one attached hydrogen (secondary N) is 1. The van der Waals surface area contributed by atoms with E-state index in [4.69, 9.17) is 0 Å². The van der Waals surface area contributed by atoms with Crippen LogP contribution in [-0.2, 0) is 4.79 Å². The van der Waals surface area contributed by atoms with Crippen LogP contribution in [0, 0.1) is 0 Å². The Morgan fingerprint density at radius 1 is 1.43 bits per heavy atom. The van der Waals surface area contributed by atoms with Gasteiger partial charge in [-0.15, -0.1) is 0 Å². The molecule has 1 aromatic carbocycles. The number of alkyl halides is 1. The van der Waals surface area contributed by atoms with Gasteiger partial charge in [-0.2, -0.15) is 0 Å². The Bertz CT molecular complexity index is 401. The highest BCUT2D eigenvalue weighted by molar-refractivity contribution is 9.09. The van der Waals surface area contributed by atoms with Gasteiger partial charge in [-0.1, -0.05) is 28.1 Å². The summed E-state index contributed by atoms with van der Waals surface area (Å²) in [6.45, 7) is 0. The molecule has 0 saturated carbocycles. The van der Waals surface area contributed by atoms with Crippen LogP contribution >= 0.6 is 15.9 Å². The average Bonchev–Trinajstić information content (AvgIpc) is 2.35. The van der Waals surface area contributed by atoms with Crippen LogP contribution < -0.4 is 5.32 Å². The van der Waals surface area contributed by atoms with E-state index in [0.29, 0.717) is 11.8 Å². The number of halogens is 1. The van der Waals surface area contributed by atoms with Gasteiger partial charge in [0.1, 0.15) is 0 Å². The summed E-state index contributed by atoms with van der Waals surface area (Å²) < 4.78 is 0. The van der Waals surface area contributed by atoms with E-state index < -0.39 is 0 Å². The predicted molar refractivity (Wildman–Crippen MR) is 60.6 cm³/mol. The Labute approximate surface area is 90.4 Å². The molecule has 14 heavy (non-hydrogen) atoms. The second-order valence-corrected chi connectivity index (χ2v) is 3.61. The van der Waals surface area contributed by atoms with Crippen LogP contribution in [-0.4, -0.2) is 16.9 Å². The fourth-order valence-corrected chi connectivity index (χ4v) is 1.67. The van der Waals surface area contributed by atoms with Crippen molar-refractivity contribution < 1.29 is 4.79 Å². The van der Waals surface area contributed by atoms with Gasteiger partial charge in [0.15, 0.2) is 0 Å². The number of para-hydroxylation sites is 2. The van der Waals surface area contributed by atoms with E-state index in [2.05, 4.69) is 26.2 Å². The highest BCUT2D eigenvalue weighted by atomic mass is 79.9. The van der Waals surface area contributed by atoms with Gasteiger partial charge in [0.05, 0.1) is 17.8 Å². The molecule has 1 N–H and O–H groups in total. The SMILES string of the molecule is O=C1CC(CBr)=Nc2ccccc2N1. The van der Waals surface area contributed by atoms with E-state index in [0.717, 1.165) is 17.1 Å². The second-order valence-electron chi connectivity index (χ2n) is 3.05. The highest BCUT2D eigenvalue weighted by Gasteiger charge is 2.13. The number of carbonyl (C=O) groups excluding carboxylic acids is 1. The smallest absolute Gasteiger partial charge is 0.230 e. The topological polar surface area (TPSA) is 41.5 Å². The lowest BCUT2D eigenvalue weighted by Crippen LogP contribution is -2.14. The molecule has 72 valence electrons. The van der Waals surface area contributed by atoms with Crippen LogP contribution in [0.25, 0.3) is 0 Å². The number of aliphatic imine (C=N–C) groups is 1. The molecule has 1 aromatic rings. The van der Waals surface area contributed by atoms with Crippen LogP contribution in [0.5, 0.6) is 0 Å². The second kappa shape index (κ2) is 3.92. The molecule has 1 amide bonds. The number of benzene rings is 1. The molecule has 3 nitrogen and oxygen atoms in total. The van der Waals surface area contributed by atoms with Crippen LogP contribution in [0.1, 0.15) is 6.42 Å². The average molecular weight is 253 g/mol. The minimum absolute atomic E-state index is 0.00634. The minimum Gasteiger partial charge on any atom is -0.324 e. The third-order valence-electron chi connectivity index (χ3n) is 1.98. The summed E-state index contributed by atoms with van der Waals surface area (Å²) in [4.78, 5) is 15.8. The first-order valence-corrected chi connectivity index (χ1v) is 5.43. The van der Waals surface area contributed by atoms with Crippen molar-refractivity contribution in [2.24, 2.45) is 4.99 Å². The van der Waals surface area contributed by atoms with Crippen molar-refractivity contribution in [3.8, 4) is 0 Å². The van der Waals surface area contributed by atoms with E-state index >= 15 is 0 Å². The molecular formula is C10H9BrN2O. The quantitative estimate of drug-likeness (QED) is 0.767. The summed E-state index contributed by atoms with van der Waals surface area (Å²) in [6, 6.07) is 7.54. The van der Waals surface area contributed by atoms with E-state index in [1.165, 1.54) is 0 Å². The fraction of sp³-hybridized carbons (Fsp3) is 0.200. The molecule has 0 bridgehead atoms. The summed E-state index contributed by atoms with van der Waals surface area (Å²) in [6.07, 6.45) is 0.361. The van der Waals surface area contributed by atoms with Crippen molar-refractivity contribution in [2.45, 2.75) is 6.42 Å². The van der Waals surface area contributed by atoms with Crippen molar-refractivity contribution in [1.82, 2.24) is 0 Å². The number of nitrogens with zero attached hydrogens (tertiary/aromatic N) is 1. The molecule has 0 saturated heterocycles. The van der Waals surface area contributed by atoms with Crippen molar-refractivity contribution in [3.63, 3.8) is 0 Å². The van der Waals surface area contributed by atoms with Gasteiger partial charge in [0, 0.05) is 11.0 Å². The van der Waals surface area contributed by atoms with Gasteiger partial charge < -0.3 is 5.32 Å². The zero-order valence-electron chi connectivity index (χ0n) is 7.46. The normalized spacial score (nSPS) is 15.2. The maximum Gasteiger partial charge on any atom is 0.230 e. The summed E-state index contributed by atoms with van der Waals surface area (Å²) in [5, 5.41) is 3.45. The molecule has 0 aromatic heterocycles. The lowest BCUT2D eigenvalue weighted by atomic mass is 10.3. The summed E-state index contributed by atoms with van der Waals surface area (Å²) >= 11 is 3.31. The van der Waals surface area contributed by atoms with Crippen LogP contribution in [0.15, 0.2) is 29.3 Å². The first-order valence-electron chi connectivity index (χ1n) is 4.31. The van der Waals surface area contributed by atoms with Gasteiger partial charge in [-0.3, -0.25) is 9.79 Å². The molecule has 0 unspecified atom stereocenters. The molecule has 0 aliphatic carbocycles. The number of anilines is 1. The van der Waals surface area contributed by atoms with Gasteiger partial charge in [-0.05, 0) is 12.1 Å². The highest BCUT2D eigenvalue weighted by Crippen LogP contribution is 2.27. The Hall–Kier alpha value is -1.16. The molecule has 0 spiro atoms. The zero-order valence-corrected chi connectivity index (χ0v) is 9.04. The van der Waals surface area contributed by atoms with Gasteiger partial charge in [0.2, 0.25) is 5.91 Å². The first-order chi connectivity index (χ1) is 6.79. The van der Waals surface area contributed by atoms with E-state index in [1.807, 2.05) is 24.3 Å². The van der Waals surface area contributed by atoms with Gasteiger partial charge in [-0.25, -0.2) is 0 Å². The molecule has 1 aliphatic heterocycles. The van der Waals surface area contributed by atoms with Crippen LogP contribution in [0.3, 0.4) is 0 Å². The number of hydrogen-bond donors (Lipinski definition) is 1. The largest absolute Gasteiger partial charge is 0.324 e. The Balaban J connectivity index is 2.47. The Morgan fingerprint density at radius 2 is 2.21 bits per heavy atom. The fourth-order valence-electron chi connectivity index (χ4n) is 1.34. The summed E-state index contributed by atoms with van der Waals surface area (Å²) in [5.41, 5.74) is 2.47. The summed E-state index contributed by atoms with van der Waals surface area (Å²) in [7, 11) is 0. The van der Waals surface area contributed by atoms with E-state index in [1.54, 1.807) is 0 Å². The molecule has 0 atom stereocenters. The van der Waals surface area contributed by atoms with E-state index in [9.17, 15) is 4.79 Å². The molecular weight excluding hydrogens is 244 g/mol. The summed E-state index contributed by atoms with van der Waals surface area (Å²) in [5.74, 6) is -0.00634. The minimum atomic E-state index is -0.00634. The van der Waals surface area contributed by atoms with Crippen molar-refractivity contribution in [3.05, 3.63) is 24.3 Å². The molecule has 0 radical (unpaired) electrons. The van der Waals surface area contributed by atoms with Crippen molar-refractivity contribution in [1.29, 1.82) is 0 Å². The van der Waals surface area contributed by atoms with Gasteiger partial charge in [0.25, 0.3) is 0 Å². The maximum absolute atomic E-state index is 11.4. The number of rotatable bonds is 1.